The molecule has 0 N–H and O–H groups in total. The fourth-order valence-corrected chi connectivity index (χ4v) is 3.35. The first-order valence-electron chi connectivity index (χ1n) is 9.11. The molecule has 3 rings (SSSR count). The van der Waals surface area contributed by atoms with Crippen LogP contribution in [0.3, 0.4) is 0 Å². The Kier molecular flexibility index (Phi) is 5.45. The molecule has 2 aromatic rings. The van der Waals surface area contributed by atoms with Gasteiger partial charge in [0.15, 0.2) is 0 Å². The molecule has 1 aromatic heterocycles. The topological polar surface area (TPSA) is 33.5 Å². The Morgan fingerprint density at radius 3 is 2.60 bits per heavy atom. The summed E-state index contributed by atoms with van der Waals surface area (Å²) in [7, 11) is 3.88. The zero-order chi connectivity index (χ0) is 18.0. The molecule has 0 radical (unpaired) electrons. The van der Waals surface area contributed by atoms with Crippen LogP contribution in [0.4, 0.5) is 0 Å². The number of hydrogen-bond donors (Lipinski definition) is 0. The Labute approximate surface area is 151 Å². The molecule has 2 heterocycles. The van der Waals surface area contributed by atoms with Gasteiger partial charge in [0.2, 0.25) is 0 Å². The van der Waals surface area contributed by atoms with Crippen LogP contribution in [0.15, 0.2) is 30.5 Å². The van der Waals surface area contributed by atoms with Crippen molar-refractivity contribution in [1.29, 1.82) is 0 Å². The van der Waals surface area contributed by atoms with Gasteiger partial charge in [-0.2, -0.15) is 0 Å². The van der Waals surface area contributed by atoms with Gasteiger partial charge in [0.05, 0.1) is 18.8 Å². The Hall–Kier alpha value is -1.85. The van der Waals surface area contributed by atoms with Gasteiger partial charge >= 0.3 is 0 Å². The summed E-state index contributed by atoms with van der Waals surface area (Å²) in [6.07, 6.45) is 2.06. The Morgan fingerprint density at radius 2 is 1.96 bits per heavy atom. The van der Waals surface area contributed by atoms with Crippen molar-refractivity contribution in [1.82, 2.24) is 19.4 Å². The summed E-state index contributed by atoms with van der Waals surface area (Å²) >= 11 is 0. The van der Waals surface area contributed by atoms with Gasteiger partial charge in [-0.15, -0.1) is 0 Å². The third kappa shape index (κ3) is 3.88. The molecule has 1 aliphatic heterocycles. The fourth-order valence-electron chi connectivity index (χ4n) is 3.35. The minimum atomic E-state index is 0.328. The first-order valence-corrected chi connectivity index (χ1v) is 9.11. The van der Waals surface area contributed by atoms with Crippen LogP contribution in [0.2, 0.25) is 0 Å². The van der Waals surface area contributed by atoms with E-state index in [0.717, 1.165) is 31.9 Å². The number of aromatic nitrogens is 2. The Balaban J connectivity index is 1.70. The fraction of sp³-hybridized carbons (Fsp3) is 0.550. The van der Waals surface area contributed by atoms with E-state index in [9.17, 15) is 0 Å². The quantitative estimate of drug-likeness (QED) is 0.806. The normalized spacial score (nSPS) is 18.0. The highest BCUT2D eigenvalue weighted by molar-refractivity contribution is 5.27. The molecule has 0 saturated carbocycles. The third-order valence-corrected chi connectivity index (χ3v) is 5.34. The largest absolute Gasteiger partial charge is 0.497 e. The van der Waals surface area contributed by atoms with E-state index in [2.05, 4.69) is 60.5 Å². The predicted octanol–water partition coefficient (Wildman–Crippen LogP) is 3.31. The van der Waals surface area contributed by atoms with Gasteiger partial charge in [-0.25, -0.2) is 4.98 Å². The maximum absolute atomic E-state index is 5.25. The molecule has 0 aliphatic carbocycles. The molecule has 0 spiro atoms. The smallest absolute Gasteiger partial charge is 0.126 e. The van der Waals surface area contributed by atoms with Crippen molar-refractivity contribution in [2.24, 2.45) is 0 Å². The predicted molar refractivity (Wildman–Crippen MR) is 101 cm³/mol. The molecule has 0 saturated heterocycles. The van der Waals surface area contributed by atoms with E-state index in [4.69, 9.17) is 9.72 Å². The van der Waals surface area contributed by atoms with Crippen LogP contribution in [0.1, 0.15) is 43.9 Å². The summed E-state index contributed by atoms with van der Waals surface area (Å²) in [5.41, 5.74) is 2.63. The van der Waals surface area contributed by atoms with Gasteiger partial charge in [0.25, 0.3) is 0 Å². The Morgan fingerprint density at radius 1 is 1.24 bits per heavy atom. The first kappa shape index (κ1) is 18.0. The van der Waals surface area contributed by atoms with E-state index < -0.39 is 0 Å². The molecule has 25 heavy (non-hydrogen) atoms. The first-order chi connectivity index (χ1) is 12.0. The van der Waals surface area contributed by atoms with Crippen molar-refractivity contribution < 1.29 is 4.74 Å². The van der Waals surface area contributed by atoms with Gasteiger partial charge in [0.1, 0.15) is 11.6 Å². The summed E-state index contributed by atoms with van der Waals surface area (Å²) in [6.45, 7) is 10.7. The number of nitrogens with zero attached hydrogens (tertiary/aromatic N) is 4. The number of hydrogen-bond acceptors (Lipinski definition) is 4. The summed E-state index contributed by atoms with van der Waals surface area (Å²) < 4.78 is 7.66. The van der Waals surface area contributed by atoms with Crippen LogP contribution in [0.25, 0.3) is 0 Å². The van der Waals surface area contributed by atoms with Crippen molar-refractivity contribution in [2.45, 2.75) is 52.5 Å². The number of fused-ring (bicyclic) bond motifs is 1. The van der Waals surface area contributed by atoms with Gasteiger partial charge in [-0.05, 0) is 45.5 Å². The Bertz CT molecular complexity index is 692. The van der Waals surface area contributed by atoms with E-state index in [1.165, 1.54) is 17.1 Å². The van der Waals surface area contributed by atoms with Crippen molar-refractivity contribution in [2.75, 3.05) is 20.7 Å². The lowest BCUT2D eigenvalue weighted by Crippen LogP contribution is -2.37. The maximum Gasteiger partial charge on any atom is 0.126 e. The van der Waals surface area contributed by atoms with E-state index in [1.54, 1.807) is 7.11 Å². The summed E-state index contributed by atoms with van der Waals surface area (Å²) in [6, 6.07) is 9.23. The average molecular weight is 342 g/mol. The zero-order valence-electron chi connectivity index (χ0n) is 16.1. The lowest BCUT2D eigenvalue weighted by Gasteiger charge is -2.35. The number of ether oxygens (including phenoxy) is 1. The van der Waals surface area contributed by atoms with Crippen molar-refractivity contribution >= 4 is 0 Å². The lowest BCUT2D eigenvalue weighted by atomic mass is 10.1. The summed E-state index contributed by atoms with van der Waals surface area (Å²) in [5.74, 6) is 2.09. The highest BCUT2D eigenvalue weighted by Crippen LogP contribution is 2.27. The number of methoxy groups -OCH3 is 1. The van der Waals surface area contributed by atoms with Crippen LogP contribution < -0.4 is 4.74 Å². The average Bonchev–Trinajstić information content (AvgIpc) is 3.01. The van der Waals surface area contributed by atoms with Gasteiger partial charge in [-0.1, -0.05) is 12.1 Å². The van der Waals surface area contributed by atoms with E-state index >= 15 is 0 Å². The van der Waals surface area contributed by atoms with Crippen LogP contribution >= 0.6 is 0 Å². The molecule has 0 amide bonds. The SMILES string of the molecule is COc1ccc(CN2CCn3c(CN(C)C(C)C)cnc3[C@H]2C)cc1. The number of rotatable bonds is 6. The van der Waals surface area contributed by atoms with E-state index in [-0.39, 0.29) is 0 Å². The van der Waals surface area contributed by atoms with Crippen LogP contribution in [0, 0.1) is 0 Å². The molecule has 1 aliphatic rings. The maximum atomic E-state index is 5.25. The third-order valence-electron chi connectivity index (χ3n) is 5.34. The molecule has 1 atom stereocenters. The monoisotopic (exact) mass is 342 g/mol. The lowest BCUT2D eigenvalue weighted by molar-refractivity contribution is 0.152. The molecule has 136 valence electrons. The van der Waals surface area contributed by atoms with E-state index in [0.29, 0.717) is 12.1 Å². The molecular formula is C20H30N4O. The standard InChI is InChI=1S/C20H30N4O/c1-15(2)22(4)14-18-12-21-20-16(3)23(10-11-24(18)20)13-17-6-8-19(25-5)9-7-17/h6-9,12,15-16H,10-11,13-14H2,1-5H3/t16-/m1/s1. The number of benzene rings is 1. The zero-order valence-corrected chi connectivity index (χ0v) is 16.1. The molecule has 0 bridgehead atoms. The van der Waals surface area contributed by atoms with Crippen LogP contribution in [-0.4, -0.2) is 46.1 Å². The second-order valence-electron chi connectivity index (χ2n) is 7.26. The van der Waals surface area contributed by atoms with Crippen LogP contribution in [-0.2, 0) is 19.6 Å². The minimum absolute atomic E-state index is 0.328. The van der Waals surface area contributed by atoms with Crippen molar-refractivity contribution in [3.05, 3.63) is 47.5 Å². The minimum Gasteiger partial charge on any atom is -0.497 e. The van der Waals surface area contributed by atoms with Gasteiger partial charge < -0.3 is 9.30 Å². The molecule has 5 nitrogen and oxygen atoms in total. The molecule has 0 unspecified atom stereocenters. The van der Waals surface area contributed by atoms with Crippen molar-refractivity contribution in [3.8, 4) is 5.75 Å². The van der Waals surface area contributed by atoms with Gasteiger partial charge in [-0.3, -0.25) is 9.80 Å². The summed E-state index contributed by atoms with van der Waals surface area (Å²) in [5, 5.41) is 0. The van der Waals surface area contributed by atoms with Gasteiger partial charge in [0, 0.05) is 38.4 Å². The molecule has 5 heteroatoms. The second kappa shape index (κ2) is 7.58. The second-order valence-corrected chi connectivity index (χ2v) is 7.26. The molecular weight excluding hydrogens is 312 g/mol. The highest BCUT2D eigenvalue weighted by Gasteiger charge is 2.27. The van der Waals surface area contributed by atoms with Crippen LogP contribution in [0.5, 0.6) is 5.75 Å². The summed E-state index contributed by atoms with van der Waals surface area (Å²) in [4.78, 5) is 9.60. The van der Waals surface area contributed by atoms with Crippen molar-refractivity contribution in [3.63, 3.8) is 0 Å². The van der Waals surface area contributed by atoms with E-state index in [1.807, 2.05) is 12.1 Å². The molecule has 1 aromatic carbocycles. The molecule has 0 fully saturated rings. The highest BCUT2D eigenvalue weighted by atomic mass is 16.5. The number of imidazole rings is 1.